The molecule has 0 aliphatic heterocycles. The molecule has 0 aromatic rings. The fourth-order valence-corrected chi connectivity index (χ4v) is 2.45. The molecule has 70 valence electrons. The fraction of sp³-hybridized carbons (Fsp3) is 1.00. The monoisotopic (exact) mass is 185 g/mol. The van der Waals surface area contributed by atoms with Crippen LogP contribution in [0.5, 0.6) is 0 Å². The van der Waals surface area contributed by atoms with Crippen LogP contribution in [-0.4, -0.2) is 25.1 Å². The molecule has 0 radical (unpaired) electrons. The van der Waals surface area contributed by atoms with Gasteiger partial charge >= 0.3 is 0 Å². The van der Waals surface area contributed by atoms with Gasteiger partial charge in [0.2, 0.25) is 0 Å². The second-order valence-electron chi connectivity index (χ2n) is 4.31. The van der Waals surface area contributed by atoms with Crippen LogP contribution in [0.2, 0.25) is 0 Å². The third kappa shape index (κ3) is 1.97. The molecule has 2 heteroatoms. The van der Waals surface area contributed by atoms with Crippen LogP contribution in [0, 0.1) is 11.3 Å². The normalized spacial score (nSPS) is 25.8. The Labute approximate surface area is 79.7 Å². The molecule has 0 heterocycles. The first kappa shape index (κ1) is 8.89. The molecule has 2 fully saturated rings. The molecule has 0 saturated heterocycles. The first-order chi connectivity index (χ1) is 5.87. The van der Waals surface area contributed by atoms with Crippen LogP contribution < -0.4 is 5.32 Å². The second kappa shape index (κ2) is 3.59. The van der Waals surface area contributed by atoms with Gasteiger partial charge in [0.25, 0.3) is 0 Å². The van der Waals surface area contributed by atoms with Gasteiger partial charge in [0.05, 0.1) is 0 Å². The summed E-state index contributed by atoms with van der Waals surface area (Å²) in [4.78, 5) is 0. The average Bonchev–Trinajstić information content (AvgIpc) is 2.86. The van der Waals surface area contributed by atoms with Crippen LogP contribution in [0.1, 0.15) is 25.7 Å². The molecular formula is C10H19NS. The molecule has 12 heavy (non-hydrogen) atoms. The van der Waals surface area contributed by atoms with Crippen LogP contribution >= 0.6 is 11.8 Å². The summed E-state index contributed by atoms with van der Waals surface area (Å²) < 4.78 is 0. The van der Waals surface area contributed by atoms with Gasteiger partial charge in [-0.15, -0.1) is 0 Å². The van der Waals surface area contributed by atoms with E-state index in [-0.39, 0.29) is 0 Å². The zero-order valence-electron chi connectivity index (χ0n) is 7.94. The molecule has 0 amide bonds. The van der Waals surface area contributed by atoms with Crippen LogP contribution in [-0.2, 0) is 0 Å². The largest absolute Gasteiger partial charge is 0.315 e. The number of rotatable bonds is 6. The van der Waals surface area contributed by atoms with Gasteiger partial charge in [0.15, 0.2) is 0 Å². The first-order valence-electron chi connectivity index (χ1n) is 5.07. The third-order valence-electron chi connectivity index (χ3n) is 3.30. The summed E-state index contributed by atoms with van der Waals surface area (Å²) in [6, 6.07) is 0. The summed E-state index contributed by atoms with van der Waals surface area (Å²) in [5.74, 6) is 2.38. The van der Waals surface area contributed by atoms with E-state index in [2.05, 4.69) is 11.6 Å². The van der Waals surface area contributed by atoms with Crippen molar-refractivity contribution in [2.45, 2.75) is 25.7 Å². The van der Waals surface area contributed by atoms with E-state index in [1.807, 2.05) is 11.8 Å². The molecule has 0 bridgehead atoms. The smallest absolute Gasteiger partial charge is 0.00553 e. The van der Waals surface area contributed by atoms with Crippen LogP contribution in [0.3, 0.4) is 0 Å². The van der Waals surface area contributed by atoms with E-state index in [1.165, 1.54) is 44.5 Å². The van der Waals surface area contributed by atoms with Crippen molar-refractivity contribution < 1.29 is 0 Å². The third-order valence-corrected chi connectivity index (χ3v) is 3.91. The minimum Gasteiger partial charge on any atom is -0.315 e. The lowest BCUT2D eigenvalue weighted by molar-refractivity contribution is 0.410. The molecule has 1 N–H and O–H groups in total. The van der Waals surface area contributed by atoms with Crippen molar-refractivity contribution in [1.82, 2.24) is 5.32 Å². The molecule has 0 spiro atoms. The zero-order valence-corrected chi connectivity index (χ0v) is 8.75. The molecular weight excluding hydrogens is 166 g/mol. The highest BCUT2D eigenvalue weighted by atomic mass is 32.2. The van der Waals surface area contributed by atoms with Crippen molar-refractivity contribution in [3.8, 4) is 0 Å². The van der Waals surface area contributed by atoms with Gasteiger partial charge in [0, 0.05) is 18.8 Å². The molecule has 0 atom stereocenters. The van der Waals surface area contributed by atoms with E-state index in [0.717, 1.165) is 11.3 Å². The summed E-state index contributed by atoms with van der Waals surface area (Å²) >= 11 is 1.93. The maximum absolute atomic E-state index is 3.59. The van der Waals surface area contributed by atoms with Gasteiger partial charge in [0.1, 0.15) is 0 Å². The molecule has 2 aliphatic carbocycles. The quantitative estimate of drug-likeness (QED) is 0.636. The fourth-order valence-electron chi connectivity index (χ4n) is 2.10. The van der Waals surface area contributed by atoms with Crippen molar-refractivity contribution in [1.29, 1.82) is 0 Å². The van der Waals surface area contributed by atoms with Gasteiger partial charge < -0.3 is 5.32 Å². The van der Waals surface area contributed by atoms with E-state index in [4.69, 9.17) is 0 Å². The summed E-state index contributed by atoms with van der Waals surface area (Å²) in [6.45, 7) is 2.51. The van der Waals surface area contributed by atoms with Crippen molar-refractivity contribution in [3.05, 3.63) is 0 Å². The Morgan fingerprint density at radius 1 is 1.42 bits per heavy atom. The number of nitrogens with one attached hydrogen (secondary N) is 1. The molecule has 2 rings (SSSR count). The number of hydrogen-bond donors (Lipinski definition) is 1. The SMILES string of the molecule is CSCCNCC1(C2CC2)CC1. The highest BCUT2D eigenvalue weighted by Gasteiger charge is 2.52. The lowest BCUT2D eigenvalue weighted by Gasteiger charge is -2.14. The molecule has 0 aromatic carbocycles. The van der Waals surface area contributed by atoms with Crippen LogP contribution in [0.4, 0.5) is 0 Å². The zero-order chi connectivity index (χ0) is 8.44. The minimum absolute atomic E-state index is 0.790. The van der Waals surface area contributed by atoms with Gasteiger partial charge in [-0.05, 0) is 43.3 Å². The van der Waals surface area contributed by atoms with E-state index >= 15 is 0 Å². The molecule has 0 aromatic heterocycles. The van der Waals surface area contributed by atoms with Gasteiger partial charge in [-0.1, -0.05) is 0 Å². The predicted octanol–water partition coefficient (Wildman–Crippen LogP) is 2.13. The Morgan fingerprint density at radius 2 is 2.17 bits per heavy atom. The Morgan fingerprint density at radius 3 is 2.67 bits per heavy atom. The Kier molecular flexibility index (Phi) is 2.66. The minimum atomic E-state index is 0.790. The van der Waals surface area contributed by atoms with Crippen molar-refractivity contribution in [2.75, 3.05) is 25.1 Å². The second-order valence-corrected chi connectivity index (χ2v) is 5.29. The Hall–Kier alpha value is 0.310. The van der Waals surface area contributed by atoms with E-state index < -0.39 is 0 Å². The lowest BCUT2D eigenvalue weighted by atomic mass is 10.0. The van der Waals surface area contributed by atoms with Gasteiger partial charge in [-0.2, -0.15) is 11.8 Å². The number of thioether (sulfide) groups is 1. The number of hydrogen-bond acceptors (Lipinski definition) is 2. The molecule has 1 nitrogen and oxygen atoms in total. The van der Waals surface area contributed by atoms with Gasteiger partial charge in [-0.25, -0.2) is 0 Å². The first-order valence-corrected chi connectivity index (χ1v) is 6.46. The summed E-state index contributed by atoms with van der Waals surface area (Å²) in [6.07, 6.45) is 8.22. The summed E-state index contributed by atoms with van der Waals surface area (Å²) in [7, 11) is 0. The van der Waals surface area contributed by atoms with Gasteiger partial charge in [-0.3, -0.25) is 0 Å². The highest BCUT2D eigenvalue weighted by molar-refractivity contribution is 7.98. The van der Waals surface area contributed by atoms with E-state index in [0.29, 0.717) is 0 Å². The van der Waals surface area contributed by atoms with E-state index in [1.54, 1.807) is 0 Å². The van der Waals surface area contributed by atoms with Crippen molar-refractivity contribution >= 4 is 11.8 Å². The topological polar surface area (TPSA) is 12.0 Å². The lowest BCUT2D eigenvalue weighted by Crippen LogP contribution is -2.27. The molecule has 0 unspecified atom stereocenters. The summed E-state index contributed by atoms with van der Waals surface area (Å²) in [5, 5.41) is 3.59. The van der Waals surface area contributed by atoms with Crippen molar-refractivity contribution in [2.24, 2.45) is 11.3 Å². The average molecular weight is 185 g/mol. The molecule has 2 aliphatic rings. The Bertz CT molecular complexity index is 150. The Balaban J connectivity index is 1.59. The summed E-state index contributed by atoms with van der Waals surface area (Å²) in [5.41, 5.74) is 0.790. The standard InChI is InChI=1S/C10H19NS/c1-12-7-6-11-8-10(4-5-10)9-2-3-9/h9,11H,2-8H2,1H3. The van der Waals surface area contributed by atoms with Crippen LogP contribution in [0.15, 0.2) is 0 Å². The maximum Gasteiger partial charge on any atom is 0.00553 e. The van der Waals surface area contributed by atoms with E-state index in [9.17, 15) is 0 Å². The van der Waals surface area contributed by atoms with Crippen LogP contribution in [0.25, 0.3) is 0 Å². The maximum atomic E-state index is 3.59. The molecule has 2 saturated carbocycles. The van der Waals surface area contributed by atoms with Crippen molar-refractivity contribution in [3.63, 3.8) is 0 Å². The highest BCUT2D eigenvalue weighted by Crippen LogP contribution is 2.60. The predicted molar refractivity (Wildman–Crippen MR) is 55.6 cm³/mol.